The number of carbonyl (C=O) groups is 1. The SMILES string of the molecule is COc1ccc(N(C(=O)Oc2ccnc(Nc3ccc(N4CCN(C)C(C)C4)c(F)c3)n2)c2ccccc2SC)c(OC)c1. The van der Waals surface area contributed by atoms with Crippen LogP contribution >= 0.6 is 11.8 Å². The van der Waals surface area contributed by atoms with Gasteiger partial charge in [0, 0.05) is 54.6 Å². The van der Waals surface area contributed by atoms with Gasteiger partial charge in [0.1, 0.15) is 17.3 Å². The molecule has 0 aliphatic carbocycles. The van der Waals surface area contributed by atoms with Crippen LogP contribution in [0, 0.1) is 5.82 Å². The van der Waals surface area contributed by atoms with E-state index in [1.54, 1.807) is 37.4 Å². The molecule has 0 spiro atoms. The third kappa shape index (κ3) is 6.81. The van der Waals surface area contributed by atoms with Crippen molar-refractivity contribution in [2.75, 3.05) is 62.3 Å². The minimum Gasteiger partial charge on any atom is -0.497 e. The molecule has 3 aromatic carbocycles. The van der Waals surface area contributed by atoms with Gasteiger partial charge in [-0.3, -0.25) is 0 Å². The van der Waals surface area contributed by atoms with Crippen molar-refractivity contribution in [3.05, 3.63) is 78.7 Å². The van der Waals surface area contributed by atoms with Gasteiger partial charge in [-0.25, -0.2) is 19.1 Å². The predicted octanol–water partition coefficient (Wildman–Crippen LogP) is 6.58. The highest BCUT2D eigenvalue weighted by Crippen LogP contribution is 2.40. The van der Waals surface area contributed by atoms with Crippen LogP contribution in [0.15, 0.2) is 77.8 Å². The number of hydrogen-bond donors (Lipinski definition) is 1. The maximum Gasteiger partial charge on any atom is 0.425 e. The van der Waals surface area contributed by atoms with Gasteiger partial charge in [-0.1, -0.05) is 12.1 Å². The van der Waals surface area contributed by atoms with Crippen LogP contribution in [0.3, 0.4) is 0 Å². The van der Waals surface area contributed by atoms with E-state index in [4.69, 9.17) is 14.2 Å². The van der Waals surface area contributed by atoms with Crippen molar-refractivity contribution in [2.24, 2.45) is 0 Å². The number of ether oxygens (including phenoxy) is 3. The first-order valence-electron chi connectivity index (χ1n) is 14.0. The maximum atomic E-state index is 15.2. The Labute approximate surface area is 260 Å². The molecule has 12 heteroatoms. The number of likely N-dealkylation sites (N-methyl/N-ethyl adjacent to an activating group) is 1. The molecule has 1 aromatic heterocycles. The van der Waals surface area contributed by atoms with Crippen LogP contribution in [0.5, 0.6) is 17.4 Å². The molecule has 1 fully saturated rings. The van der Waals surface area contributed by atoms with E-state index >= 15 is 4.39 Å². The molecule has 10 nitrogen and oxygen atoms in total. The molecule has 1 unspecified atom stereocenters. The zero-order valence-electron chi connectivity index (χ0n) is 25.3. The van der Waals surface area contributed by atoms with Crippen molar-refractivity contribution >= 4 is 46.6 Å². The van der Waals surface area contributed by atoms with Crippen molar-refractivity contribution in [3.8, 4) is 17.4 Å². The van der Waals surface area contributed by atoms with E-state index in [9.17, 15) is 4.79 Å². The molecule has 230 valence electrons. The second kappa shape index (κ2) is 13.8. The Morgan fingerprint density at radius 2 is 1.86 bits per heavy atom. The summed E-state index contributed by atoms with van der Waals surface area (Å²) in [5, 5.41) is 3.02. The number of para-hydroxylation sites is 1. The van der Waals surface area contributed by atoms with Gasteiger partial charge in [-0.05, 0) is 62.7 Å². The molecule has 4 aromatic rings. The van der Waals surface area contributed by atoms with Crippen molar-refractivity contribution in [3.63, 3.8) is 0 Å². The van der Waals surface area contributed by atoms with E-state index in [0.717, 1.165) is 24.5 Å². The van der Waals surface area contributed by atoms with Crippen LogP contribution in [0.1, 0.15) is 6.92 Å². The lowest BCUT2D eigenvalue weighted by Crippen LogP contribution is -2.50. The van der Waals surface area contributed by atoms with E-state index in [0.29, 0.717) is 40.3 Å². The Kier molecular flexibility index (Phi) is 9.71. The van der Waals surface area contributed by atoms with Crippen molar-refractivity contribution in [2.45, 2.75) is 17.9 Å². The van der Waals surface area contributed by atoms with Gasteiger partial charge in [-0.2, -0.15) is 4.98 Å². The first-order valence-corrected chi connectivity index (χ1v) is 15.3. The van der Waals surface area contributed by atoms with E-state index in [-0.39, 0.29) is 17.6 Å². The Bertz CT molecular complexity index is 1630. The van der Waals surface area contributed by atoms with E-state index in [2.05, 4.69) is 39.1 Å². The smallest absolute Gasteiger partial charge is 0.425 e. The van der Waals surface area contributed by atoms with E-state index < -0.39 is 6.09 Å². The number of carbonyl (C=O) groups excluding carboxylic acids is 1. The van der Waals surface area contributed by atoms with Gasteiger partial charge in [0.15, 0.2) is 0 Å². The van der Waals surface area contributed by atoms with Crippen LogP contribution in [0.4, 0.5) is 37.9 Å². The van der Waals surface area contributed by atoms with Gasteiger partial charge >= 0.3 is 6.09 Å². The number of hydrogen-bond acceptors (Lipinski definition) is 10. The number of halogens is 1. The number of benzene rings is 3. The molecule has 5 rings (SSSR count). The lowest BCUT2D eigenvalue weighted by Gasteiger charge is -2.39. The van der Waals surface area contributed by atoms with Gasteiger partial charge in [-0.15, -0.1) is 11.8 Å². The number of anilines is 5. The number of aromatic nitrogens is 2. The Morgan fingerprint density at radius 1 is 1.05 bits per heavy atom. The summed E-state index contributed by atoms with van der Waals surface area (Å²) in [5.41, 5.74) is 2.08. The van der Waals surface area contributed by atoms with E-state index in [1.165, 1.54) is 42.1 Å². The number of thioether (sulfide) groups is 1. The molecule has 1 aliphatic rings. The molecule has 1 atom stereocenters. The number of amides is 1. The van der Waals surface area contributed by atoms with Gasteiger partial charge in [0.05, 0.1) is 31.3 Å². The molecular formula is C32H35FN6O4S. The highest BCUT2D eigenvalue weighted by atomic mass is 32.2. The minimum atomic E-state index is -0.712. The van der Waals surface area contributed by atoms with Crippen LogP contribution in [0.2, 0.25) is 0 Å². The van der Waals surface area contributed by atoms with Crippen LogP contribution in [-0.4, -0.2) is 74.2 Å². The number of methoxy groups -OCH3 is 2. The lowest BCUT2D eigenvalue weighted by atomic mass is 10.1. The Morgan fingerprint density at radius 3 is 2.59 bits per heavy atom. The van der Waals surface area contributed by atoms with Crippen LogP contribution in [-0.2, 0) is 0 Å². The van der Waals surface area contributed by atoms with Crippen molar-refractivity contribution < 1.29 is 23.4 Å². The molecule has 2 heterocycles. The van der Waals surface area contributed by atoms with Crippen LogP contribution in [0.25, 0.3) is 0 Å². The fraction of sp³-hybridized carbons (Fsp3) is 0.281. The summed E-state index contributed by atoms with van der Waals surface area (Å²) in [5.74, 6) is 0.805. The highest BCUT2D eigenvalue weighted by Gasteiger charge is 2.27. The monoisotopic (exact) mass is 618 g/mol. The molecule has 1 N–H and O–H groups in total. The average Bonchev–Trinajstić information content (AvgIpc) is 3.03. The molecule has 0 radical (unpaired) electrons. The largest absolute Gasteiger partial charge is 0.497 e. The molecule has 1 amide bonds. The normalized spacial score (nSPS) is 15.0. The second-order valence-corrected chi connectivity index (χ2v) is 11.0. The first-order chi connectivity index (χ1) is 21.3. The zero-order chi connectivity index (χ0) is 31.2. The van der Waals surface area contributed by atoms with Gasteiger partial charge in [0.2, 0.25) is 11.8 Å². The summed E-state index contributed by atoms with van der Waals surface area (Å²) in [6.07, 6.45) is 2.68. The predicted molar refractivity (Wildman–Crippen MR) is 172 cm³/mol. The first kappa shape index (κ1) is 30.9. The fourth-order valence-corrected chi connectivity index (χ4v) is 5.53. The topological polar surface area (TPSA) is 92.3 Å². The average molecular weight is 619 g/mol. The summed E-state index contributed by atoms with van der Waals surface area (Å²) in [7, 11) is 5.15. The molecule has 44 heavy (non-hydrogen) atoms. The summed E-state index contributed by atoms with van der Waals surface area (Å²) in [4.78, 5) is 29.0. The summed E-state index contributed by atoms with van der Waals surface area (Å²) < 4.78 is 31.9. The van der Waals surface area contributed by atoms with Crippen molar-refractivity contribution in [1.82, 2.24) is 14.9 Å². The Balaban J connectivity index is 1.38. The molecule has 0 bridgehead atoms. The molecule has 0 saturated carbocycles. The number of rotatable bonds is 9. The van der Waals surface area contributed by atoms with E-state index in [1.807, 2.05) is 30.5 Å². The number of piperazine rings is 1. The van der Waals surface area contributed by atoms with Gasteiger partial charge in [0.25, 0.3) is 0 Å². The maximum absolute atomic E-state index is 15.2. The summed E-state index contributed by atoms with van der Waals surface area (Å²) in [6, 6.07) is 19.4. The van der Waals surface area contributed by atoms with Crippen LogP contribution < -0.4 is 29.3 Å². The third-order valence-electron chi connectivity index (χ3n) is 7.46. The quantitative estimate of drug-likeness (QED) is 0.208. The summed E-state index contributed by atoms with van der Waals surface area (Å²) in [6.45, 7) is 4.50. The third-order valence-corrected chi connectivity index (χ3v) is 8.25. The number of nitrogens with one attached hydrogen (secondary N) is 1. The zero-order valence-corrected chi connectivity index (χ0v) is 26.1. The minimum absolute atomic E-state index is 0.00938. The van der Waals surface area contributed by atoms with Crippen molar-refractivity contribution in [1.29, 1.82) is 0 Å². The highest BCUT2D eigenvalue weighted by molar-refractivity contribution is 7.98. The molecular weight excluding hydrogens is 583 g/mol. The lowest BCUT2D eigenvalue weighted by molar-refractivity contribution is 0.208. The summed E-state index contributed by atoms with van der Waals surface area (Å²) >= 11 is 1.49. The number of nitrogens with zero attached hydrogens (tertiary/aromatic N) is 5. The van der Waals surface area contributed by atoms with Gasteiger partial charge < -0.3 is 29.3 Å². The second-order valence-electron chi connectivity index (χ2n) is 10.2. The molecule has 1 aliphatic heterocycles. The Hall–Kier alpha value is -4.55. The molecule has 1 saturated heterocycles. The fourth-order valence-electron chi connectivity index (χ4n) is 4.94. The standard InChI is InChI=1S/C32H35FN6O4S/c1-21-20-38(17-16-37(21)2)25-12-10-22(18-24(25)33)35-31-34-15-14-30(36-31)43-32(40)39(27-8-6-7-9-29(27)44-5)26-13-11-23(41-3)19-28(26)42-4/h6-15,18-19,21H,16-17,20H2,1-5H3,(H,34,35,36).